The van der Waals surface area contributed by atoms with Crippen LogP contribution in [0.25, 0.3) is 0 Å². The Bertz CT molecular complexity index is 423. The summed E-state index contributed by atoms with van der Waals surface area (Å²) in [6, 6.07) is 5.88. The third kappa shape index (κ3) is 4.86. The van der Waals surface area contributed by atoms with E-state index in [9.17, 15) is 14.9 Å². The van der Waals surface area contributed by atoms with Crippen LogP contribution in [-0.2, 0) is 0 Å². The van der Waals surface area contributed by atoms with Gasteiger partial charge in [-0.2, -0.15) is 0 Å². The molecule has 1 rings (SSSR count). The Kier molecular flexibility index (Phi) is 4.11. The van der Waals surface area contributed by atoms with Crippen molar-refractivity contribution < 1.29 is 9.72 Å². The first-order valence-electron chi connectivity index (χ1n) is 5.02. The molecule has 92 valence electrons. The highest BCUT2D eigenvalue weighted by Gasteiger charge is 2.15. The van der Waals surface area contributed by atoms with Gasteiger partial charge in [-0.25, -0.2) is 0 Å². The van der Waals surface area contributed by atoms with E-state index in [0.29, 0.717) is 4.90 Å². The second kappa shape index (κ2) is 5.18. The van der Waals surface area contributed by atoms with Crippen molar-refractivity contribution in [2.75, 3.05) is 0 Å². The van der Waals surface area contributed by atoms with Crippen molar-refractivity contribution in [1.82, 2.24) is 5.32 Å². The lowest BCUT2D eigenvalue weighted by Crippen LogP contribution is -2.38. The second-order valence-electron chi connectivity index (χ2n) is 4.52. The van der Waals surface area contributed by atoms with Crippen molar-refractivity contribution >= 4 is 22.7 Å². The van der Waals surface area contributed by atoms with Crippen LogP contribution in [0.1, 0.15) is 20.8 Å². The molecule has 0 radical (unpaired) electrons. The van der Waals surface area contributed by atoms with Gasteiger partial charge in [0.25, 0.3) is 10.9 Å². The summed E-state index contributed by atoms with van der Waals surface area (Å²) in [4.78, 5) is 22.2. The summed E-state index contributed by atoms with van der Waals surface area (Å²) in [6.07, 6.45) is 0. The zero-order valence-corrected chi connectivity index (χ0v) is 10.7. The first-order valence-corrected chi connectivity index (χ1v) is 5.84. The van der Waals surface area contributed by atoms with E-state index in [4.69, 9.17) is 0 Å². The van der Waals surface area contributed by atoms with Gasteiger partial charge in [-0.05, 0) is 44.7 Å². The molecule has 0 aromatic heterocycles. The lowest BCUT2D eigenvalue weighted by molar-refractivity contribution is -0.384. The molecule has 0 fully saturated rings. The molecule has 0 spiro atoms. The Morgan fingerprint density at radius 2 is 1.82 bits per heavy atom. The van der Waals surface area contributed by atoms with Gasteiger partial charge in [0, 0.05) is 22.6 Å². The van der Waals surface area contributed by atoms with Crippen LogP contribution in [0.3, 0.4) is 0 Å². The van der Waals surface area contributed by atoms with Crippen LogP contribution in [0.2, 0.25) is 0 Å². The number of hydrogen-bond donors (Lipinski definition) is 1. The number of hydrogen-bond acceptors (Lipinski definition) is 4. The first kappa shape index (κ1) is 13.5. The minimum absolute atomic E-state index is 0.0191. The predicted molar refractivity (Wildman–Crippen MR) is 67.2 cm³/mol. The molecule has 0 saturated carbocycles. The van der Waals surface area contributed by atoms with E-state index < -0.39 is 4.92 Å². The number of non-ortho nitro benzene ring substituents is 1. The number of rotatable bonds is 2. The van der Waals surface area contributed by atoms with E-state index in [1.54, 1.807) is 12.1 Å². The number of nitrogens with zero attached hydrogens (tertiary/aromatic N) is 1. The number of benzene rings is 1. The van der Waals surface area contributed by atoms with Crippen LogP contribution in [0.5, 0.6) is 0 Å². The van der Waals surface area contributed by atoms with Gasteiger partial charge in [0.2, 0.25) is 0 Å². The number of nitro groups is 1. The van der Waals surface area contributed by atoms with Crippen LogP contribution in [0.4, 0.5) is 10.5 Å². The molecule has 1 aromatic rings. The SMILES string of the molecule is CC(C)(C)NC(=O)Sc1ccc([N+](=O)[O-])cc1. The van der Waals surface area contributed by atoms with Crippen LogP contribution in [-0.4, -0.2) is 15.7 Å². The van der Waals surface area contributed by atoms with Crippen LogP contribution >= 0.6 is 11.8 Å². The van der Waals surface area contributed by atoms with Gasteiger partial charge >= 0.3 is 0 Å². The number of carbonyl (C=O) groups excluding carboxylic acids is 1. The van der Waals surface area contributed by atoms with E-state index >= 15 is 0 Å². The molecule has 17 heavy (non-hydrogen) atoms. The zero-order chi connectivity index (χ0) is 13.1. The molecule has 0 aliphatic carbocycles. The molecule has 1 aromatic carbocycles. The van der Waals surface area contributed by atoms with Crippen molar-refractivity contribution in [2.24, 2.45) is 0 Å². The average Bonchev–Trinajstić information content (AvgIpc) is 2.15. The quantitative estimate of drug-likeness (QED) is 0.499. The van der Waals surface area contributed by atoms with Crippen LogP contribution in [0.15, 0.2) is 29.2 Å². The van der Waals surface area contributed by atoms with Gasteiger partial charge < -0.3 is 5.32 Å². The molecule has 0 saturated heterocycles. The number of thioether (sulfide) groups is 1. The zero-order valence-electron chi connectivity index (χ0n) is 9.89. The molecule has 1 N–H and O–H groups in total. The van der Waals surface area contributed by atoms with Gasteiger partial charge in [-0.3, -0.25) is 14.9 Å². The minimum atomic E-state index is -0.469. The Labute approximate surface area is 104 Å². The fourth-order valence-electron chi connectivity index (χ4n) is 1.07. The van der Waals surface area contributed by atoms with Crippen molar-refractivity contribution in [3.05, 3.63) is 34.4 Å². The van der Waals surface area contributed by atoms with Crippen molar-refractivity contribution in [2.45, 2.75) is 31.2 Å². The first-order chi connectivity index (χ1) is 7.78. The maximum Gasteiger partial charge on any atom is 0.284 e. The van der Waals surface area contributed by atoms with Gasteiger partial charge in [-0.1, -0.05) is 0 Å². The smallest absolute Gasteiger partial charge is 0.284 e. The summed E-state index contributed by atoms with van der Waals surface area (Å²) in [5, 5.41) is 13.1. The summed E-state index contributed by atoms with van der Waals surface area (Å²) in [7, 11) is 0. The van der Waals surface area contributed by atoms with Crippen molar-refractivity contribution in [1.29, 1.82) is 0 Å². The van der Waals surface area contributed by atoms with E-state index in [-0.39, 0.29) is 16.5 Å². The lowest BCUT2D eigenvalue weighted by atomic mass is 10.1. The lowest BCUT2D eigenvalue weighted by Gasteiger charge is -2.19. The number of nitro benzene ring substituents is 1. The summed E-state index contributed by atoms with van der Waals surface area (Å²) in [5.74, 6) is 0. The van der Waals surface area contributed by atoms with E-state index in [2.05, 4.69) is 5.32 Å². The number of nitrogens with one attached hydrogen (secondary N) is 1. The molecule has 0 heterocycles. The molecule has 5 nitrogen and oxygen atoms in total. The van der Waals surface area contributed by atoms with E-state index in [0.717, 1.165) is 11.8 Å². The van der Waals surface area contributed by atoms with Crippen molar-refractivity contribution in [3.63, 3.8) is 0 Å². The maximum absolute atomic E-state index is 11.6. The molecule has 0 aliphatic rings. The maximum atomic E-state index is 11.6. The van der Waals surface area contributed by atoms with Crippen molar-refractivity contribution in [3.8, 4) is 0 Å². The fraction of sp³-hybridized carbons (Fsp3) is 0.364. The third-order valence-corrected chi connectivity index (χ3v) is 2.53. The van der Waals surface area contributed by atoms with Gasteiger partial charge in [0.1, 0.15) is 0 Å². The summed E-state index contributed by atoms with van der Waals surface area (Å²) in [5.41, 5.74) is -0.268. The Hall–Kier alpha value is -1.56. The third-order valence-electron chi connectivity index (χ3n) is 1.74. The fourth-order valence-corrected chi connectivity index (χ4v) is 1.92. The molecular formula is C11H14N2O3S. The Morgan fingerprint density at radius 1 is 1.29 bits per heavy atom. The topological polar surface area (TPSA) is 72.2 Å². The summed E-state index contributed by atoms with van der Waals surface area (Å²) >= 11 is 1.02. The van der Waals surface area contributed by atoms with Crippen LogP contribution in [0, 0.1) is 10.1 Å². The Balaban J connectivity index is 2.64. The summed E-state index contributed by atoms with van der Waals surface area (Å²) in [6.45, 7) is 5.67. The normalized spacial score (nSPS) is 11.0. The summed E-state index contributed by atoms with van der Waals surface area (Å²) < 4.78 is 0. The highest BCUT2D eigenvalue weighted by molar-refractivity contribution is 8.13. The Morgan fingerprint density at radius 3 is 2.24 bits per heavy atom. The van der Waals surface area contributed by atoms with Gasteiger partial charge in [0.15, 0.2) is 0 Å². The number of carbonyl (C=O) groups is 1. The molecular weight excluding hydrogens is 240 g/mol. The molecule has 0 aliphatic heterocycles. The molecule has 1 amide bonds. The highest BCUT2D eigenvalue weighted by Crippen LogP contribution is 2.22. The monoisotopic (exact) mass is 254 g/mol. The number of amides is 1. The second-order valence-corrected chi connectivity index (χ2v) is 5.56. The molecule has 6 heteroatoms. The molecule has 0 bridgehead atoms. The van der Waals surface area contributed by atoms with Gasteiger partial charge in [0.05, 0.1) is 4.92 Å². The molecule has 0 unspecified atom stereocenters. The molecule has 0 atom stereocenters. The minimum Gasteiger partial charge on any atom is -0.342 e. The van der Waals surface area contributed by atoms with E-state index in [1.165, 1.54) is 12.1 Å². The average molecular weight is 254 g/mol. The largest absolute Gasteiger partial charge is 0.342 e. The highest BCUT2D eigenvalue weighted by atomic mass is 32.2. The predicted octanol–water partition coefficient (Wildman–Crippen LogP) is 3.20. The standard InChI is InChI=1S/C11H14N2O3S/c1-11(2,3)12-10(14)17-9-6-4-8(5-7-9)13(15)16/h4-7H,1-3H3,(H,12,14). The van der Waals surface area contributed by atoms with Gasteiger partial charge in [-0.15, -0.1) is 0 Å². The van der Waals surface area contributed by atoms with Crippen LogP contribution < -0.4 is 5.32 Å². The van der Waals surface area contributed by atoms with E-state index in [1.807, 2.05) is 20.8 Å².